The maximum atomic E-state index is 11.4. The maximum absolute atomic E-state index is 11.4. The number of ether oxygens (including phenoxy) is 1. The van der Waals surface area contributed by atoms with Crippen LogP contribution >= 0.6 is 0 Å². The fraction of sp³-hybridized carbons (Fsp3) is 0.700. The first-order valence-electron chi connectivity index (χ1n) is 5.06. The van der Waals surface area contributed by atoms with Gasteiger partial charge in [0.05, 0.1) is 0 Å². The van der Waals surface area contributed by atoms with Gasteiger partial charge in [-0.05, 0) is 19.3 Å². The minimum Gasteiger partial charge on any atom is -0.460 e. The average molecular weight is 198 g/mol. The molecule has 0 amide bonds. The molecule has 0 radical (unpaired) electrons. The van der Waals surface area contributed by atoms with Crippen LogP contribution in [-0.2, 0) is 9.53 Å². The highest BCUT2D eigenvalue weighted by Crippen LogP contribution is 2.14. The molecule has 0 atom stereocenters. The largest absolute Gasteiger partial charge is 0.460 e. The van der Waals surface area contributed by atoms with E-state index in [2.05, 4.69) is 6.58 Å². The summed E-state index contributed by atoms with van der Waals surface area (Å²) in [5.41, 5.74) is 5.71. The molecule has 80 valence electrons. The third-order valence-corrected chi connectivity index (χ3v) is 2.32. The molecule has 1 rings (SSSR count). The molecular formula is C10H18N2O2. The molecule has 1 aliphatic rings. The van der Waals surface area contributed by atoms with Crippen molar-refractivity contribution in [3.05, 3.63) is 12.3 Å². The number of hydrogen-bond acceptors (Lipinski definition) is 4. The Morgan fingerprint density at radius 2 is 2.00 bits per heavy atom. The summed E-state index contributed by atoms with van der Waals surface area (Å²) in [6.45, 7) is 6.20. The molecule has 1 fully saturated rings. The Bertz CT molecular complexity index is 210. The molecule has 0 aromatic rings. The van der Waals surface area contributed by atoms with Crippen LogP contribution in [0.25, 0.3) is 0 Å². The van der Waals surface area contributed by atoms with Gasteiger partial charge in [0.15, 0.2) is 0 Å². The molecule has 2 N–H and O–H groups in total. The molecule has 0 saturated carbocycles. The first-order valence-corrected chi connectivity index (χ1v) is 5.06. The van der Waals surface area contributed by atoms with Crippen molar-refractivity contribution < 1.29 is 9.53 Å². The number of esters is 1. The van der Waals surface area contributed by atoms with E-state index in [4.69, 9.17) is 10.5 Å². The first-order chi connectivity index (χ1) is 6.75. The van der Waals surface area contributed by atoms with Gasteiger partial charge in [0.2, 0.25) is 0 Å². The Hall–Kier alpha value is -1.03. The van der Waals surface area contributed by atoms with Crippen LogP contribution in [0, 0.1) is 0 Å². The highest BCUT2D eigenvalue weighted by atomic mass is 16.5. The molecule has 1 heterocycles. The Morgan fingerprint density at radius 3 is 2.57 bits per heavy atom. The third kappa shape index (κ3) is 3.03. The van der Waals surface area contributed by atoms with Crippen molar-refractivity contribution in [2.24, 2.45) is 5.73 Å². The number of piperidine rings is 1. The highest BCUT2D eigenvalue weighted by Gasteiger charge is 2.18. The fourth-order valence-electron chi connectivity index (χ4n) is 1.53. The van der Waals surface area contributed by atoms with Gasteiger partial charge in [0.1, 0.15) is 12.3 Å². The Balaban J connectivity index is 2.34. The van der Waals surface area contributed by atoms with E-state index in [0.717, 1.165) is 25.9 Å². The van der Waals surface area contributed by atoms with Crippen molar-refractivity contribution in [3.8, 4) is 0 Å². The summed E-state index contributed by atoms with van der Waals surface area (Å²) in [5, 5.41) is 0. The second kappa shape index (κ2) is 5.65. The summed E-state index contributed by atoms with van der Waals surface area (Å²) in [6, 6.07) is 0. The molecule has 0 unspecified atom stereocenters. The summed E-state index contributed by atoms with van der Waals surface area (Å²) in [6.07, 6.45) is 3.49. The van der Waals surface area contributed by atoms with Crippen molar-refractivity contribution in [2.45, 2.75) is 19.3 Å². The van der Waals surface area contributed by atoms with Gasteiger partial charge in [-0.3, -0.25) is 0 Å². The van der Waals surface area contributed by atoms with E-state index in [-0.39, 0.29) is 12.6 Å². The van der Waals surface area contributed by atoms with E-state index in [1.54, 1.807) is 0 Å². The maximum Gasteiger partial charge on any atom is 0.354 e. The molecular weight excluding hydrogens is 180 g/mol. The van der Waals surface area contributed by atoms with E-state index in [0.29, 0.717) is 12.2 Å². The van der Waals surface area contributed by atoms with Crippen LogP contribution in [0.15, 0.2) is 12.3 Å². The summed E-state index contributed by atoms with van der Waals surface area (Å²) >= 11 is 0. The van der Waals surface area contributed by atoms with Crippen molar-refractivity contribution in [1.29, 1.82) is 0 Å². The average Bonchev–Trinajstić information content (AvgIpc) is 2.26. The van der Waals surface area contributed by atoms with Crippen molar-refractivity contribution in [3.63, 3.8) is 0 Å². The van der Waals surface area contributed by atoms with Crippen molar-refractivity contribution >= 4 is 5.97 Å². The van der Waals surface area contributed by atoms with Crippen molar-refractivity contribution in [2.75, 3.05) is 26.2 Å². The number of hydrogen-bond donors (Lipinski definition) is 1. The number of nitrogens with two attached hydrogens (primary N) is 1. The summed E-state index contributed by atoms with van der Waals surface area (Å²) < 4.78 is 4.90. The van der Waals surface area contributed by atoms with Crippen LogP contribution < -0.4 is 5.73 Å². The van der Waals surface area contributed by atoms with Crippen molar-refractivity contribution in [1.82, 2.24) is 4.90 Å². The van der Waals surface area contributed by atoms with E-state index < -0.39 is 0 Å². The van der Waals surface area contributed by atoms with E-state index in [1.165, 1.54) is 6.42 Å². The van der Waals surface area contributed by atoms with E-state index in [9.17, 15) is 4.79 Å². The van der Waals surface area contributed by atoms with Gasteiger partial charge >= 0.3 is 5.97 Å². The quantitative estimate of drug-likeness (QED) is 0.527. The molecule has 1 aliphatic heterocycles. The zero-order valence-corrected chi connectivity index (χ0v) is 8.50. The Morgan fingerprint density at radius 1 is 1.36 bits per heavy atom. The normalized spacial score (nSPS) is 16.5. The lowest BCUT2D eigenvalue weighted by Gasteiger charge is -2.28. The summed E-state index contributed by atoms with van der Waals surface area (Å²) in [5.74, 6) is -0.336. The van der Waals surface area contributed by atoms with Gasteiger partial charge in [-0.2, -0.15) is 0 Å². The number of carbonyl (C=O) groups excluding carboxylic acids is 1. The monoisotopic (exact) mass is 198 g/mol. The van der Waals surface area contributed by atoms with Crippen LogP contribution in [-0.4, -0.2) is 37.1 Å². The number of nitrogens with zero attached hydrogens (tertiary/aromatic N) is 1. The smallest absolute Gasteiger partial charge is 0.354 e. The minimum absolute atomic E-state index is 0.270. The van der Waals surface area contributed by atoms with Gasteiger partial charge in [-0.15, -0.1) is 0 Å². The van der Waals surface area contributed by atoms with Gasteiger partial charge in [0, 0.05) is 19.6 Å². The predicted molar refractivity (Wildman–Crippen MR) is 54.6 cm³/mol. The SMILES string of the molecule is C=C(C(=O)OCCN)N1CCCCC1. The lowest BCUT2D eigenvalue weighted by Crippen LogP contribution is -2.33. The Kier molecular flexibility index (Phi) is 4.46. The molecule has 4 heteroatoms. The molecule has 0 aromatic heterocycles. The van der Waals surface area contributed by atoms with Gasteiger partial charge in [-0.1, -0.05) is 6.58 Å². The van der Waals surface area contributed by atoms with Crippen LogP contribution in [0.5, 0.6) is 0 Å². The highest BCUT2D eigenvalue weighted by molar-refractivity contribution is 5.87. The van der Waals surface area contributed by atoms with Crippen LogP contribution in [0.2, 0.25) is 0 Å². The molecule has 14 heavy (non-hydrogen) atoms. The van der Waals surface area contributed by atoms with Gasteiger partial charge in [0.25, 0.3) is 0 Å². The summed E-state index contributed by atoms with van der Waals surface area (Å²) in [4.78, 5) is 13.4. The first kappa shape index (κ1) is 11.0. The number of rotatable bonds is 4. The second-order valence-corrected chi connectivity index (χ2v) is 3.42. The lowest BCUT2D eigenvalue weighted by molar-refractivity contribution is -0.140. The minimum atomic E-state index is -0.336. The lowest BCUT2D eigenvalue weighted by atomic mass is 10.1. The molecule has 1 saturated heterocycles. The topological polar surface area (TPSA) is 55.6 Å². The van der Waals surface area contributed by atoms with E-state index in [1.807, 2.05) is 4.90 Å². The molecule has 0 bridgehead atoms. The van der Waals surface area contributed by atoms with Crippen LogP contribution in [0.4, 0.5) is 0 Å². The van der Waals surface area contributed by atoms with Gasteiger partial charge < -0.3 is 15.4 Å². The Labute approximate surface area is 84.7 Å². The standard InChI is InChI=1S/C10H18N2O2/c1-9(10(13)14-8-5-11)12-6-3-2-4-7-12/h1-8,11H2. The number of likely N-dealkylation sites (tertiary alicyclic amines) is 1. The number of carbonyl (C=O) groups is 1. The van der Waals surface area contributed by atoms with Crippen LogP contribution in [0.1, 0.15) is 19.3 Å². The summed E-state index contributed by atoms with van der Waals surface area (Å²) in [7, 11) is 0. The molecule has 4 nitrogen and oxygen atoms in total. The molecule has 0 aromatic carbocycles. The fourth-order valence-corrected chi connectivity index (χ4v) is 1.53. The van der Waals surface area contributed by atoms with E-state index >= 15 is 0 Å². The third-order valence-electron chi connectivity index (χ3n) is 2.32. The zero-order valence-electron chi connectivity index (χ0n) is 8.50. The van der Waals surface area contributed by atoms with Gasteiger partial charge in [-0.25, -0.2) is 4.79 Å². The van der Waals surface area contributed by atoms with Crippen LogP contribution in [0.3, 0.4) is 0 Å². The second-order valence-electron chi connectivity index (χ2n) is 3.42. The molecule has 0 aliphatic carbocycles. The zero-order chi connectivity index (χ0) is 10.4. The molecule has 0 spiro atoms. The predicted octanol–water partition coefficient (Wildman–Crippen LogP) is 0.488.